The van der Waals surface area contributed by atoms with Gasteiger partial charge < -0.3 is 5.11 Å². The van der Waals surface area contributed by atoms with Gasteiger partial charge in [-0.2, -0.15) is 0 Å². The number of aromatic carboxylic acids is 1. The number of hydrogen-bond donors (Lipinski definition) is 1. The van der Waals surface area contributed by atoms with Crippen LogP contribution in [-0.2, 0) is 6.54 Å². The summed E-state index contributed by atoms with van der Waals surface area (Å²) in [6.45, 7) is 3.20. The van der Waals surface area contributed by atoms with Crippen molar-refractivity contribution in [1.82, 2.24) is 4.90 Å². The number of rotatable bonds is 3. The number of benzene rings is 1. The van der Waals surface area contributed by atoms with Crippen molar-refractivity contribution >= 4 is 21.9 Å². The first-order chi connectivity index (χ1) is 8.16. The minimum atomic E-state index is -0.879. The van der Waals surface area contributed by atoms with Crippen molar-refractivity contribution in [2.75, 3.05) is 13.1 Å². The molecule has 1 saturated heterocycles. The Kier molecular flexibility index (Phi) is 4.18. The number of halogens is 1. The molecule has 0 amide bonds. The van der Waals surface area contributed by atoms with Crippen LogP contribution in [0.2, 0.25) is 0 Å². The van der Waals surface area contributed by atoms with Crippen molar-refractivity contribution < 1.29 is 9.90 Å². The molecule has 0 aliphatic carbocycles. The van der Waals surface area contributed by atoms with E-state index in [1.807, 2.05) is 6.07 Å². The topological polar surface area (TPSA) is 40.5 Å². The Bertz CT molecular complexity index is 414. The Morgan fingerprint density at radius 1 is 1.29 bits per heavy atom. The van der Waals surface area contributed by atoms with Crippen LogP contribution in [0.1, 0.15) is 35.2 Å². The molecule has 0 saturated carbocycles. The molecule has 1 heterocycles. The van der Waals surface area contributed by atoms with Crippen LogP contribution in [0.4, 0.5) is 0 Å². The summed E-state index contributed by atoms with van der Waals surface area (Å²) in [4.78, 5) is 13.2. The van der Waals surface area contributed by atoms with Crippen LogP contribution in [0.3, 0.4) is 0 Å². The Morgan fingerprint density at radius 2 is 2.00 bits per heavy atom. The molecule has 0 radical (unpaired) electrons. The first-order valence-electron chi connectivity index (χ1n) is 5.91. The lowest BCUT2D eigenvalue weighted by Gasteiger charge is -2.26. The Hall–Kier alpha value is -0.870. The quantitative estimate of drug-likeness (QED) is 0.932. The van der Waals surface area contributed by atoms with E-state index in [-0.39, 0.29) is 0 Å². The van der Waals surface area contributed by atoms with Gasteiger partial charge in [0.25, 0.3) is 0 Å². The highest BCUT2D eigenvalue weighted by Crippen LogP contribution is 2.22. The highest BCUT2D eigenvalue weighted by molar-refractivity contribution is 9.10. The summed E-state index contributed by atoms with van der Waals surface area (Å²) in [7, 11) is 0. The van der Waals surface area contributed by atoms with Gasteiger partial charge in [0.15, 0.2) is 0 Å². The van der Waals surface area contributed by atoms with Gasteiger partial charge >= 0.3 is 5.97 Å². The van der Waals surface area contributed by atoms with Crippen LogP contribution in [0.25, 0.3) is 0 Å². The van der Waals surface area contributed by atoms with E-state index in [1.54, 1.807) is 12.1 Å². The predicted molar refractivity (Wildman–Crippen MR) is 70.2 cm³/mol. The van der Waals surface area contributed by atoms with Gasteiger partial charge in [0.2, 0.25) is 0 Å². The fraction of sp³-hybridized carbons (Fsp3) is 0.462. The summed E-state index contributed by atoms with van der Waals surface area (Å²) in [5.74, 6) is -0.879. The molecule has 0 bridgehead atoms. The molecular formula is C13H16BrNO2. The van der Waals surface area contributed by atoms with Gasteiger partial charge in [-0.15, -0.1) is 0 Å². The molecule has 1 fully saturated rings. The zero-order chi connectivity index (χ0) is 12.3. The lowest BCUT2D eigenvalue weighted by Crippen LogP contribution is -2.29. The van der Waals surface area contributed by atoms with Gasteiger partial charge in [-0.3, -0.25) is 4.90 Å². The van der Waals surface area contributed by atoms with Crippen molar-refractivity contribution in [1.29, 1.82) is 0 Å². The highest BCUT2D eigenvalue weighted by atomic mass is 79.9. The average molecular weight is 298 g/mol. The fourth-order valence-electron chi connectivity index (χ4n) is 2.17. The molecule has 1 aliphatic heterocycles. The summed E-state index contributed by atoms with van der Waals surface area (Å²) >= 11 is 3.45. The minimum Gasteiger partial charge on any atom is -0.478 e. The largest absolute Gasteiger partial charge is 0.478 e. The number of nitrogens with zero attached hydrogens (tertiary/aromatic N) is 1. The van der Waals surface area contributed by atoms with Crippen molar-refractivity contribution in [3.05, 3.63) is 33.8 Å². The van der Waals surface area contributed by atoms with Gasteiger partial charge in [-0.05, 0) is 43.6 Å². The third kappa shape index (κ3) is 3.30. The van der Waals surface area contributed by atoms with Gasteiger partial charge in [-0.1, -0.05) is 28.4 Å². The second-order valence-electron chi connectivity index (χ2n) is 4.45. The fourth-order valence-corrected chi connectivity index (χ4v) is 2.67. The van der Waals surface area contributed by atoms with Crippen LogP contribution < -0.4 is 0 Å². The minimum absolute atomic E-state index is 0.333. The third-order valence-electron chi connectivity index (χ3n) is 3.14. The average Bonchev–Trinajstić information content (AvgIpc) is 2.33. The Balaban J connectivity index is 2.08. The van der Waals surface area contributed by atoms with E-state index in [4.69, 9.17) is 5.11 Å². The maximum absolute atomic E-state index is 10.8. The molecule has 0 aromatic heterocycles. The zero-order valence-corrected chi connectivity index (χ0v) is 11.2. The van der Waals surface area contributed by atoms with Crippen molar-refractivity contribution in [2.45, 2.75) is 25.8 Å². The summed E-state index contributed by atoms with van der Waals surface area (Å²) < 4.78 is 0.892. The van der Waals surface area contributed by atoms with Gasteiger partial charge in [0.1, 0.15) is 0 Å². The number of carboxylic acid groups (broad SMARTS) is 1. The standard InChI is InChI=1S/C13H16BrNO2/c14-12-8-10(13(16)17)4-5-11(12)9-15-6-2-1-3-7-15/h4-5,8H,1-3,6-7,9H2,(H,16,17). The van der Waals surface area contributed by atoms with E-state index in [0.717, 1.165) is 29.7 Å². The number of hydrogen-bond acceptors (Lipinski definition) is 2. The molecule has 4 heteroatoms. The van der Waals surface area contributed by atoms with E-state index >= 15 is 0 Å². The molecule has 1 aliphatic rings. The predicted octanol–water partition coefficient (Wildman–Crippen LogP) is 3.13. The zero-order valence-electron chi connectivity index (χ0n) is 9.66. The van der Waals surface area contributed by atoms with E-state index in [0.29, 0.717) is 5.56 Å². The number of piperidine rings is 1. The van der Waals surface area contributed by atoms with Crippen molar-refractivity contribution in [3.8, 4) is 0 Å². The van der Waals surface area contributed by atoms with Crippen LogP contribution in [0, 0.1) is 0 Å². The molecule has 1 aromatic rings. The molecule has 2 rings (SSSR count). The molecule has 17 heavy (non-hydrogen) atoms. The Labute approximate surface area is 110 Å². The van der Waals surface area contributed by atoms with Crippen LogP contribution in [0.5, 0.6) is 0 Å². The molecule has 0 unspecified atom stereocenters. The third-order valence-corrected chi connectivity index (χ3v) is 3.88. The highest BCUT2D eigenvalue weighted by Gasteiger charge is 2.13. The second-order valence-corrected chi connectivity index (χ2v) is 5.30. The van der Waals surface area contributed by atoms with Gasteiger partial charge in [0.05, 0.1) is 5.56 Å². The SMILES string of the molecule is O=C(O)c1ccc(CN2CCCCC2)c(Br)c1. The summed E-state index contributed by atoms with van der Waals surface area (Å²) in [5, 5.41) is 8.89. The molecule has 92 valence electrons. The number of carbonyl (C=O) groups is 1. The summed E-state index contributed by atoms with van der Waals surface area (Å²) in [5.41, 5.74) is 1.50. The second kappa shape index (κ2) is 5.65. The van der Waals surface area contributed by atoms with E-state index in [9.17, 15) is 4.79 Å². The number of likely N-dealkylation sites (tertiary alicyclic amines) is 1. The van der Waals surface area contributed by atoms with E-state index in [1.165, 1.54) is 19.3 Å². The summed E-state index contributed by atoms with van der Waals surface area (Å²) in [6.07, 6.45) is 3.87. The van der Waals surface area contributed by atoms with Crippen LogP contribution in [0.15, 0.2) is 22.7 Å². The van der Waals surface area contributed by atoms with Gasteiger partial charge in [0, 0.05) is 11.0 Å². The monoisotopic (exact) mass is 297 g/mol. The molecule has 0 atom stereocenters. The molecular weight excluding hydrogens is 282 g/mol. The normalized spacial score (nSPS) is 17.0. The summed E-state index contributed by atoms with van der Waals surface area (Å²) in [6, 6.07) is 5.26. The Morgan fingerprint density at radius 3 is 2.59 bits per heavy atom. The molecule has 0 spiro atoms. The van der Waals surface area contributed by atoms with Crippen LogP contribution >= 0.6 is 15.9 Å². The first kappa shape index (κ1) is 12.6. The first-order valence-corrected chi connectivity index (χ1v) is 6.70. The van der Waals surface area contributed by atoms with Crippen molar-refractivity contribution in [3.63, 3.8) is 0 Å². The maximum atomic E-state index is 10.8. The maximum Gasteiger partial charge on any atom is 0.335 e. The van der Waals surface area contributed by atoms with Gasteiger partial charge in [-0.25, -0.2) is 4.79 Å². The lowest BCUT2D eigenvalue weighted by atomic mass is 10.1. The molecule has 1 aromatic carbocycles. The smallest absolute Gasteiger partial charge is 0.335 e. The number of carboxylic acids is 1. The van der Waals surface area contributed by atoms with E-state index in [2.05, 4.69) is 20.8 Å². The van der Waals surface area contributed by atoms with Crippen LogP contribution in [-0.4, -0.2) is 29.1 Å². The van der Waals surface area contributed by atoms with E-state index < -0.39 is 5.97 Å². The molecule has 1 N–H and O–H groups in total. The van der Waals surface area contributed by atoms with Crippen molar-refractivity contribution in [2.24, 2.45) is 0 Å². The lowest BCUT2D eigenvalue weighted by molar-refractivity contribution is 0.0697. The molecule has 3 nitrogen and oxygen atoms in total.